The van der Waals surface area contributed by atoms with Gasteiger partial charge in [-0.2, -0.15) is 0 Å². The number of rotatable bonds is 3. The normalized spacial score (nSPS) is 18.6. The highest BCUT2D eigenvalue weighted by Gasteiger charge is 2.49. The van der Waals surface area contributed by atoms with Crippen LogP contribution in [0, 0.1) is 0 Å². The maximum atomic E-state index is 12.6. The quantitative estimate of drug-likeness (QED) is 0.599. The van der Waals surface area contributed by atoms with E-state index in [0.717, 1.165) is 22.4 Å². The van der Waals surface area contributed by atoms with Gasteiger partial charge in [0.05, 0.1) is 0 Å². The zero-order valence-corrected chi connectivity index (χ0v) is 14.9. The summed E-state index contributed by atoms with van der Waals surface area (Å²) in [4.78, 5) is 14.4. The summed E-state index contributed by atoms with van der Waals surface area (Å²) in [7, 11) is 0. The molecule has 1 heterocycles. The van der Waals surface area contributed by atoms with Crippen molar-refractivity contribution in [2.45, 2.75) is 25.5 Å². The van der Waals surface area contributed by atoms with Crippen molar-refractivity contribution in [1.29, 1.82) is 0 Å². The predicted octanol–water partition coefficient (Wildman–Crippen LogP) is 5.83. The molecule has 130 valence electrons. The smallest absolute Gasteiger partial charge is 0.415 e. The number of ether oxygens (including phenoxy) is 1. The Labute approximate surface area is 153 Å². The Morgan fingerprint density at radius 3 is 1.92 bits per heavy atom. The van der Waals surface area contributed by atoms with Crippen LogP contribution in [-0.2, 0) is 4.74 Å². The Morgan fingerprint density at radius 2 is 1.31 bits per heavy atom. The van der Waals surface area contributed by atoms with E-state index in [-0.39, 0.29) is 12.1 Å². The van der Waals surface area contributed by atoms with Crippen LogP contribution in [0.2, 0.25) is 0 Å². The van der Waals surface area contributed by atoms with E-state index in [1.54, 1.807) is 4.90 Å². The number of hydrogen-bond donors (Lipinski definition) is 0. The first-order valence-electron chi connectivity index (χ1n) is 8.79. The number of carbonyl (C=O) groups is 1. The van der Waals surface area contributed by atoms with Crippen LogP contribution >= 0.6 is 0 Å². The summed E-state index contributed by atoms with van der Waals surface area (Å²) in [5.41, 5.74) is 3.58. The summed E-state index contributed by atoms with van der Waals surface area (Å²) in [6.07, 6.45) is -0.309. The lowest BCUT2D eigenvalue weighted by atomic mass is 9.91. The molecule has 3 aromatic carbocycles. The highest BCUT2D eigenvalue weighted by Crippen LogP contribution is 2.43. The molecule has 1 fully saturated rings. The Bertz CT molecular complexity index is 902. The minimum absolute atomic E-state index is 0.168. The van der Waals surface area contributed by atoms with E-state index >= 15 is 0 Å². The first-order chi connectivity index (χ1) is 12.6. The number of nitrogens with zero attached hydrogens (tertiary/aromatic N) is 1. The van der Waals surface area contributed by atoms with E-state index in [0.29, 0.717) is 0 Å². The monoisotopic (exact) mass is 343 g/mol. The summed E-state index contributed by atoms with van der Waals surface area (Å²) >= 11 is 0. The van der Waals surface area contributed by atoms with Gasteiger partial charge in [-0.1, -0.05) is 72.8 Å². The van der Waals surface area contributed by atoms with Gasteiger partial charge in [0.15, 0.2) is 0 Å². The van der Waals surface area contributed by atoms with Crippen molar-refractivity contribution in [3.8, 4) is 11.1 Å². The van der Waals surface area contributed by atoms with Crippen LogP contribution in [-0.4, -0.2) is 11.7 Å². The fraction of sp³-hybridized carbons (Fsp3) is 0.174. The van der Waals surface area contributed by atoms with Gasteiger partial charge in [0.25, 0.3) is 0 Å². The van der Waals surface area contributed by atoms with E-state index in [9.17, 15) is 4.79 Å². The van der Waals surface area contributed by atoms with Crippen LogP contribution in [0.5, 0.6) is 0 Å². The Balaban J connectivity index is 1.72. The van der Waals surface area contributed by atoms with Crippen molar-refractivity contribution in [3.05, 3.63) is 90.5 Å². The molecule has 4 rings (SSSR count). The molecule has 3 nitrogen and oxygen atoms in total. The maximum absolute atomic E-state index is 12.6. The zero-order chi connectivity index (χ0) is 18.1. The first-order valence-corrected chi connectivity index (χ1v) is 8.79. The third kappa shape index (κ3) is 2.86. The number of benzene rings is 3. The SMILES string of the molecule is CC1(C)OC(=O)N(c2ccc(-c3ccccc3)cc2)C1c1ccccc1. The Kier molecular flexibility index (Phi) is 4.00. The fourth-order valence-electron chi connectivity index (χ4n) is 3.63. The lowest BCUT2D eigenvalue weighted by Gasteiger charge is -2.29. The number of amides is 1. The van der Waals surface area contributed by atoms with Crippen LogP contribution in [0.25, 0.3) is 11.1 Å². The topological polar surface area (TPSA) is 29.5 Å². The van der Waals surface area contributed by atoms with Gasteiger partial charge >= 0.3 is 6.09 Å². The van der Waals surface area contributed by atoms with Gasteiger partial charge in [0.1, 0.15) is 11.6 Å². The molecule has 1 aliphatic rings. The number of anilines is 1. The molecule has 0 radical (unpaired) electrons. The van der Waals surface area contributed by atoms with Gasteiger partial charge in [-0.05, 0) is 42.7 Å². The molecule has 1 atom stereocenters. The molecule has 1 unspecified atom stereocenters. The van der Waals surface area contributed by atoms with E-state index in [4.69, 9.17) is 4.74 Å². The van der Waals surface area contributed by atoms with Crippen LogP contribution in [0.15, 0.2) is 84.9 Å². The standard InChI is InChI=1S/C23H21NO2/c1-23(2)21(19-11-7-4-8-12-19)24(22(25)26-23)20-15-13-18(14-16-20)17-9-5-3-6-10-17/h3-16,21H,1-2H3. The molecule has 0 aromatic heterocycles. The summed E-state index contributed by atoms with van der Waals surface area (Å²) < 4.78 is 5.68. The van der Waals surface area contributed by atoms with Crippen LogP contribution in [0.3, 0.4) is 0 Å². The molecule has 0 saturated carbocycles. The van der Waals surface area contributed by atoms with E-state index in [1.165, 1.54) is 0 Å². The Morgan fingerprint density at radius 1 is 0.769 bits per heavy atom. The molecule has 0 N–H and O–H groups in total. The van der Waals surface area contributed by atoms with Gasteiger partial charge in [-0.15, -0.1) is 0 Å². The highest BCUT2D eigenvalue weighted by molar-refractivity contribution is 5.92. The van der Waals surface area contributed by atoms with Crippen molar-refractivity contribution in [1.82, 2.24) is 0 Å². The molecular formula is C23H21NO2. The van der Waals surface area contributed by atoms with Crippen LogP contribution in [0.1, 0.15) is 25.5 Å². The second kappa shape index (κ2) is 6.34. The van der Waals surface area contributed by atoms with Crippen LogP contribution in [0.4, 0.5) is 10.5 Å². The average molecular weight is 343 g/mol. The lowest BCUT2D eigenvalue weighted by Crippen LogP contribution is -2.33. The van der Waals surface area contributed by atoms with Crippen molar-refractivity contribution < 1.29 is 9.53 Å². The van der Waals surface area contributed by atoms with E-state index in [1.807, 2.05) is 86.6 Å². The molecule has 3 aromatic rings. The summed E-state index contributed by atoms with van der Waals surface area (Å²) in [6.45, 7) is 3.92. The van der Waals surface area contributed by atoms with Gasteiger partial charge in [0.2, 0.25) is 0 Å². The van der Waals surface area contributed by atoms with Gasteiger partial charge in [-0.3, -0.25) is 4.90 Å². The fourth-order valence-corrected chi connectivity index (χ4v) is 3.63. The number of cyclic esters (lactones) is 1. The third-order valence-corrected chi connectivity index (χ3v) is 4.83. The molecule has 1 amide bonds. The van der Waals surface area contributed by atoms with Gasteiger partial charge < -0.3 is 4.74 Å². The maximum Gasteiger partial charge on any atom is 0.415 e. The zero-order valence-electron chi connectivity index (χ0n) is 14.9. The van der Waals surface area contributed by atoms with Gasteiger partial charge in [0, 0.05) is 5.69 Å². The summed E-state index contributed by atoms with van der Waals surface area (Å²) in [5.74, 6) is 0. The molecule has 1 saturated heterocycles. The summed E-state index contributed by atoms with van der Waals surface area (Å²) in [6, 6.07) is 28.2. The third-order valence-electron chi connectivity index (χ3n) is 4.83. The van der Waals surface area contributed by atoms with Crippen molar-refractivity contribution >= 4 is 11.8 Å². The Hall–Kier alpha value is -3.07. The molecule has 3 heteroatoms. The molecular weight excluding hydrogens is 322 g/mol. The second-order valence-corrected chi connectivity index (χ2v) is 7.07. The summed E-state index contributed by atoms with van der Waals surface area (Å²) in [5, 5.41) is 0. The molecule has 1 aliphatic heterocycles. The van der Waals surface area contributed by atoms with Crippen molar-refractivity contribution in [2.24, 2.45) is 0 Å². The average Bonchev–Trinajstić information content (AvgIpc) is 2.91. The second-order valence-electron chi connectivity index (χ2n) is 7.07. The predicted molar refractivity (Wildman–Crippen MR) is 104 cm³/mol. The van der Waals surface area contributed by atoms with Gasteiger partial charge in [-0.25, -0.2) is 4.79 Å². The molecule has 26 heavy (non-hydrogen) atoms. The number of hydrogen-bond acceptors (Lipinski definition) is 2. The van der Waals surface area contributed by atoms with Crippen molar-refractivity contribution in [3.63, 3.8) is 0 Å². The number of carbonyl (C=O) groups excluding carboxylic acids is 1. The van der Waals surface area contributed by atoms with E-state index in [2.05, 4.69) is 12.1 Å². The largest absolute Gasteiger partial charge is 0.441 e. The van der Waals surface area contributed by atoms with Crippen molar-refractivity contribution in [2.75, 3.05) is 4.90 Å². The first kappa shape index (κ1) is 16.4. The molecule has 0 bridgehead atoms. The lowest BCUT2D eigenvalue weighted by molar-refractivity contribution is 0.0685. The minimum atomic E-state index is -0.601. The highest BCUT2D eigenvalue weighted by atomic mass is 16.6. The van der Waals surface area contributed by atoms with E-state index < -0.39 is 5.60 Å². The molecule has 0 aliphatic carbocycles. The minimum Gasteiger partial charge on any atom is -0.441 e. The van der Waals surface area contributed by atoms with Crippen LogP contribution < -0.4 is 4.90 Å². The molecule has 0 spiro atoms.